The molecule has 2 aromatic heterocycles. The highest BCUT2D eigenvalue weighted by Crippen LogP contribution is 2.33. The summed E-state index contributed by atoms with van der Waals surface area (Å²) in [5.41, 5.74) is 2.26. The largest absolute Gasteiger partial charge is 0.390 e. The van der Waals surface area contributed by atoms with E-state index in [0.717, 1.165) is 10.6 Å². The third-order valence-corrected chi connectivity index (χ3v) is 6.23. The maximum atomic E-state index is 12.4. The van der Waals surface area contributed by atoms with Crippen molar-refractivity contribution in [2.24, 2.45) is 5.92 Å². The molecule has 3 heterocycles. The Kier molecular flexibility index (Phi) is 5.17. The highest BCUT2D eigenvalue weighted by Gasteiger charge is 2.33. The van der Waals surface area contributed by atoms with Gasteiger partial charge in [0.15, 0.2) is 5.13 Å². The van der Waals surface area contributed by atoms with Crippen LogP contribution >= 0.6 is 22.7 Å². The Bertz CT molecular complexity index is 935. The molecule has 1 aliphatic heterocycles. The lowest BCUT2D eigenvalue weighted by Crippen LogP contribution is -2.52. The molecule has 0 spiro atoms. The van der Waals surface area contributed by atoms with Crippen molar-refractivity contribution in [3.8, 4) is 10.6 Å². The molecule has 1 aliphatic rings. The molecule has 4 rings (SSSR count). The van der Waals surface area contributed by atoms with E-state index >= 15 is 0 Å². The number of aliphatic hydroxyl groups excluding tert-OH is 2. The molecular weight excluding hydrogens is 384 g/mol. The fourth-order valence-electron chi connectivity index (χ4n) is 2.91. The van der Waals surface area contributed by atoms with E-state index in [9.17, 15) is 15.0 Å². The number of hydrogen-bond acceptors (Lipinski definition) is 8. The second-order valence-electron chi connectivity index (χ2n) is 6.16. The quantitative estimate of drug-likeness (QED) is 0.585. The van der Waals surface area contributed by atoms with E-state index in [0.29, 0.717) is 34.6 Å². The third kappa shape index (κ3) is 3.72. The zero-order chi connectivity index (χ0) is 18.8. The number of aromatic nitrogens is 2. The zero-order valence-electron chi connectivity index (χ0n) is 14.3. The number of anilines is 2. The Hall–Kier alpha value is -2.33. The van der Waals surface area contributed by atoms with Crippen LogP contribution in [0.4, 0.5) is 10.8 Å². The van der Waals surface area contributed by atoms with Gasteiger partial charge in [-0.1, -0.05) is 18.2 Å². The van der Waals surface area contributed by atoms with Crippen molar-refractivity contribution >= 4 is 39.4 Å². The number of carbonyl (C=O) groups is 1. The van der Waals surface area contributed by atoms with Gasteiger partial charge in [-0.3, -0.25) is 4.79 Å². The van der Waals surface area contributed by atoms with Gasteiger partial charge in [-0.15, -0.1) is 22.7 Å². The number of hydrogen-bond donors (Lipinski definition) is 3. The van der Waals surface area contributed by atoms with Crippen molar-refractivity contribution in [1.29, 1.82) is 0 Å². The zero-order valence-corrected chi connectivity index (χ0v) is 16.0. The summed E-state index contributed by atoms with van der Waals surface area (Å²) >= 11 is 2.63. The summed E-state index contributed by atoms with van der Waals surface area (Å²) in [5, 5.41) is 24.4. The van der Waals surface area contributed by atoms with Crippen LogP contribution in [0.5, 0.6) is 0 Å². The van der Waals surface area contributed by atoms with Gasteiger partial charge in [-0.2, -0.15) is 0 Å². The topological polar surface area (TPSA) is 98.6 Å². The van der Waals surface area contributed by atoms with E-state index in [-0.39, 0.29) is 25.0 Å². The van der Waals surface area contributed by atoms with E-state index in [1.807, 2.05) is 35.7 Å². The monoisotopic (exact) mass is 402 g/mol. The number of rotatable bonds is 6. The van der Waals surface area contributed by atoms with Gasteiger partial charge in [0.05, 0.1) is 35.4 Å². The van der Waals surface area contributed by atoms with Gasteiger partial charge in [0, 0.05) is 24.2 Å². The summed E-state index contributed by atoms with van der Waals surface area (Å²) < 4.78 is 0. The van der Waals surface area contributed by atoms with Gasteiger partial charge < -0.3 is 20.4 Å². The first-order valence-corrected chi connectivity index (χ1v) is 10.1. The summed E-state index contributed by atoms with van der Waals surface area (Å²) in [4.78, 5) is 23.9. The van der Waals surface area contributed by atoms with E-state index in [1.54, 1.807) is 0 Å². The van der Waals surface area contributed by atoms with Crippen molar-refractivity contribution < 1.29 is 15.0 Å². The van der Waals surface area contributed by atoms with Gasteiger partial charge >= 0.3 is 0 Å². The Morgan fingerprint density at radius 3 is 2.67 bits per heavy atom. The fraction of sp³-hybridized carbons (Fsp3) is 0.278. The predicted molar refractivity (Wildman–Crippen MR) is 106 cm³/mol. The highest BCUT2D eigenvalue weighted by atomic mass is 32.1. The molecule has 0 bridgehead atoms. The lowest BCUT2D eigenvalue weighted by molar-refractivity contribution is -0.120. The molecule has 3 N–H and O–H groups in total. The number of benzene rings is 1. The Morgan fingerprint density at radius 2 is 1.96 bits per heavy atom. The van der Waals surface area contributed by atoms with Gasteiger partial charge in [0.1, 0.15) is 5.01 Å². The molecule has 1 fully saturated rings. The van der Waals surface area contributed by atoms with Crippen molar-refractivity contribution in [3.05, 3.63) is 46.4 Å². The Morgan fingerprint density at radius 1 is 1.19 bits per heavy atom. The molecule has 0 atom stereocenters. The van der Waals surface area contributed by atoms with E-state index in [1.165, 1.54) is 22.7 Å². The molecule has 1 aromatic carbocycles. The first-order valence-electron chi connectivity index (χ1n) is 8.45. The van der Waals surface area contributed by atoms with Gasteiger partial charge in [-0.25, -0.2) is 9.97 Å². The molecule has 0 radical (unpaired) electrons. The van der Waals surface area contributed by atoms with Crippen molar-refractivity contribution in [2.45, 2.75) is 13.2 Å². The number of amides is 1. The minimum absolute atomic E-state index is 0.0363. The summed E-state index contributed by atoms with van der Waals surface area (Å²) in [7, 11) is 0. The average Bonchev–Trinajstić information content (AvgIpc) is 3.27. The highest BCUT2D eigenvalue weighted by molar-refractivity contribution is 7.17. The Balaban J connectivity index is 1.39. The second-order valence-corrected chi connectivity index (χ2v) is 8.11. The molecule has 0 unspecified atom stereocenters. The number of carbonyl (C=O) groups excluding carboxylic acids is 1. The SMILES string of the molecule is O=C(Nc1nc(-c2sc(CO)nc2CO)cs1)C1CN(c2ccccc2)C1. The van der Waals surface area contributed by atoms with Crippen LogP contribution in [0.2, 0.25) is 0 Å². The molecule has 3 aromatic rings. The normalized spacial score (nSPS) is 14.2. The average molecular weight is 403 g/mol. The number of para-hydroxylation sites is 1. The lowest BCUT2D eigenvalue weighted by Gasteiger charge is -2.39. The summed E-state index contributed by atoms with van der Waals surface area (Å²) in [5.74, 6) is -0.0965. The molecule has 7 nitrogen and oxygen atoms in total. The van der Waals surface area contributed by atoms with Crippen LogP contribution in [-0.4, -0.2) is 39.2 Å². The van der Waals surface area contributed by atoms with Crippen LogP contribution in [0.25, 0.3) is 10.6 Å². The van der Waals surface area contributed by atoms with Crippen molar-refractivity contribution in [2.75, 3.05) is 23.3 Å². The van der Waals surface area contributed by atoms with Gasteiger partial charge in [0.2, 0.25) is 5.91 Å². The molecule has 1 amide bonds. The van der Waals surface area contributed by atoms with Crippen LogP contribution in [0.3, 0.4) is 0 Å². The van der Waals surface area contributed by atoms with E-state index in [4.69, 9.17) is 0 Å². The van der Waals surface area contributed by atoms with Crippen LogP contribution in [0.15, 0.2) is 35.7 Å². The van der Waals surface area contributed by atoms with Crippen molar-refractivity contribution in [3.63, 3.8) is 0 Å². The third-order valence-electron chi connectivity index (χ3n) is 4.37. The molecule has 0 saturated carbocycles. The Labute approximate surface area is 164 Å². The molecular formula is C18H18N4O3S2. The second kappa shape index (κ2) is 7.73. The number of nitrogens with zero attached hydrogens (tertiary/aromatic N) is 3. The maximum absolute atomic E-state index is 12.4. The molecule has 1 saturated heterocycles. The van der Waals surface area contributed by atoms with Crippen LogP contribution < -0.4 is 10.2 Å². The summed E-state index contributed by atoms with van der Waals surface area (Å²) in [6.07, 6.45) is 0. The van der Waals surface area contributed by atoms with Gasteiger partial charge in [0.25, 0.3) is 0 Å². The van der Waals surface area contributed by atoms with Gasteiger partial charge in [-0.05, 0) is 12.1 Å². The minimum Gasteiger partial charge on any atom is -0.390 e. The predicted octanol–water partition coefficient (Wildman–Crippen LogP) is 2.33. The van der Waals surface area contributed by atoms with E-state index < -0.39 is 0 Å². The maximum Gasteiger partial charge on any atom is 0.232 e. The van der Waals surface area contributed by atoms with E-state index in [2.05, 4.69) is 20.2 Å². The number of nitrogens with one attached hydrogen (secondary N) is 1. The minimum atomic E-state index is -0.220. The molecule has 140 valence electrons. The standard InChI is InChI=1S/C18H18N4O3S2/c23-8-13-16(27-15(9-24)19-13)14-10-26-18(20-14)21-17(25)11-6-22(7-11)12-4-2-1-3-5-12/h1-5,10-11,23-24H,6-9H2,(H,20,21,25). The van der Waals surface area contributed by atoms with Crippen molar-refractivity contribution in [1.82, 2.24) is 9.97 Å². The number of thiazole rings is 2. The lowest BCUT2D eigenvalue weighted by atomic mass is 9.98. The first kappa shape index (κ1) is 18.1. The van der Waals surface area contributed by atoms with Crippen LogP contribution in [0.1, 0.15) is 10.7 Å². The molecule has 0 aliphatic carbocycles. The summed E-state index contributed by atoms with van der Waals surface area (Å²) in [6, 6.07) is 10.0. The summed E-state index contributed by atoms with van der Waals surface area (Å²) in [6.45, 7) is 0.988. The van der Waals surface area contributed by atoms with Crippen LogP contribution in [0, 0.1) is 5.92 Å². The first-order chi connectivity index (χ1) is 13.2. The fourth-order valence-corrected chi connectivity index (χ4v) is 4.58. The molecule has 27 heavy (non-hydrogen) atoms. The molecule has 9 heteroatoms. The number of aliphatic hydroxyl groups is 2. The van der Waals surface area contributed by atoms with Crippen LogP contribution in [-0.2, 0) is 18.0 Å². The smallest absolute Gasteiger partial charge is 0.232 e.